The highest BCUT2D eigenvalue weighted by atomic mass is 35.5. The molecule has 0 atom stereocenters. The average molecular weight is 187 g/mol. The van der Waals surface area contributed by atoms with Crippen LogP contribution in [0, 0.1) is 11.3 Å². The lowest BCUT2D eigenvalue weighted by Gasteiger charge is -2.23. The number of hydrogen-bond donors (Lipinski definition) is 0. The van der Waals surface area contributed by atoms with E-state index in [2.05, 4.69) is 0 Å². The molecule has 0 spiro atoms. The molecule has 70 valence electrons. The second-order valence-electron chi connectivity index (χ2n) is 4.68. The molecule has 0 aromatic carbocycles. The van der Waals surface area contributed by atoms with Gasteiger partial charge in [-0.05, 0) is 37.0 Å². The van der Waals surface area contributed by atoms with Crippen molar-refractivity contribution >= 4 is 11.6 Å². The second-order valence-corrected chi connectivity index (χ2v) is 4.95. The fourth-order valence-corrected chi connectivity index (χ4v) is 3.19. The fraction of sp³-hybridized carbons (Fsp3) is 1.00. The summed E-state index contributed by atoms with van der Waals surface area (Å²) in [7, 11) is 0. The molecule has 0 unspecified atom stereocenters. The second kappa shape index (κ2) is 3.57. The van der Waals surface area contributed by atoms with E-state index in [0.717, 1.165) is 11.8 Å². The van der Waals surface area contributed by atoms with Crippen molar-refractivity contribution in [2.45, 2.75) is 51.4 Å². The summed E-state index contributed by atoms with van der Waals surface area (Å²) in [4.78, 5) is 0. The standard InChI is InChI=1S/C11H19Cl/c12-9-11(7-8-11)10-5-3-1-2-4-6-10/h10H,1-9H2. The van der Waals surface area contributed by atoms with Crippen molar-refractivity contribution in [3.63, 3.8) is 0 Å². The van der Waals surface area contributed by atoms with E-state index in [1.807, 2.05) is 0 Å². The molecule has 2 aliphatic rings. The zero-order chi connectivity index (χ0) is 8.44. The third-order valence-electron chi connectivity index (χ3n) is 3.88. The van der Waals surface area contributed by atoms with Gasteiger partial charge in [0.25, 0.3) is 0 Å². The first-order valence-electron chi connectivity index (χ1n) is 5.43. The van der Waals surface area contributed by atoms with Gasteiger partial charge in [-0.15, -0.1) is 11.6 Å². The molecule has 0 bridgehead atoms. The van der Waals surface area contributed by atoms with E-state index >= 15 is 0 Å². The van der Waals surface area contributed by atoms with Crippen molar-refractivity contribution < 1.29 is 0 Å². The summed E-state index contributed by atoms with van der Waals surface area (Å²) in [5.41, 5.74) is 0.617. The molecule has 0 aliphatic heterocycles. The smallest absolute Gasteiger partial charge is 0.0282 e. The Bertz CT molecular complexity index is 141. The van der Waals surface area contributed by atoms with Crippen LogP contribution in [0.5, 0.6) is 0 Å². The van der Waals surface area contributed by atoms with Crippen LogP contribution in [0.2, 0.25) is 0 Å². The summed E-state index contributed by atoms with van der Waals surface area (Å²) in [6.45, 7) is 0. The van der Waals surface area contributed by atoms with Gasteiger partial charge in [0, 0.05) is 5.88 Å². The Balaban J connectivity index is 1.92. The minimum Gasteiger partial charge on any atom is -0.126 e. The summed E-state index contributed by atoms with van der Waals surface area (Å²) >= 11 is 6.04. The van der Waals surface area contributed by atoms with Gasteiger partial charge < -0.3 is 0 Å². The highest BCUT2D eigenvalue weighted by Gasteiger charge is 2.47. The molecule has 2 rings (SSSR count). The maximum Gasteiger partial charge on any atom is 0.0282 e. The third kappa shape index (κ3) is 1.64. The predicted octanol–water partition coefficient (Wildman–Crippen LogP) is 3.98. The first kappa shape index (κ1) is 8.87. The van der Waals surface area contributed by atoms with Crippen LogP contribution >= 0.6 is 11.6 Å². The Hall–Kier alpha value is 0.290. The van der Waals surface area contributed by atoms with Gasteiger partial charge in [0.15, 0.2) is 0 Å². The lowest BCUT2D eigenvalue weighted by atomic mass is 9.84. The molecule has 0 amide bonds. The van der Waals surface area contributed by atoms with E-state index in [0.29, 0.717) is 5.41 Å². The minimum atomic E-state index is 0.617. The van der Waals surface area contributed by atoms with Crippen LogP contribution in [-0.2, 0) is 0 Å². The molecule has 2 aliphatic carbocycles. The quantitative estimate of drug-likeness (QED) is 0.452. The molecular weight excluding hydrogens is 168 g/mol. The Labute approximate surface area is 80.7 Å². The molecule has 0 aromatic rings. The van der Waals surface area contributed by atoms with E-state index in [1.165, 1.54) is 51.4 Å². The van der Waals surface area contributed by atoms with E-state index < -0.39 is 0 Å². The SMILES string of the molecule is ClCC1(C2CCCCCC2)CC1. The molecular formula is C11H19Cl. The molecule has 2 fully saturated rings. The summed E-state index contributed by atoms with van der Waals surface area (Å²) < 4.78 is 0. The third-order valence-corrected chi connectivity index (χ3v) is 4.41. The van der Waals surface area contributed by atoms with E-state index in [-0.39, 0.29) is 0 Å². The Morgan fingerprint density at radius 1 is 1.00 bits per heavy atom. The van der Waals surface area contributed by atoms with Crippen molar-refractivity contribution in [2.24, 2.45) is 11.3 Å². The average Bonchev–Trinajstić information content (AvgIpc) is 2.90. The molecule has 0 N–H and O–H groups in total. The first-order valence-corrected chi connectivity index (χ1v) is 5.97. The molecule has 0 radical (unpaired) electrons. The lowest BCUT2D eigenvalue weighted by Crippen LogP contribution is -2.16. The predicted molar refractivity (Wildman–Crippen MR) is 53.6 cm³/mol. The summed E-state index contributed by atoms with van der Waals surface area (Å²) in [6, 6.07) is 0. The zero-order valence-corrected chi connectivity index (χ0v) is 8.58. The largest absolute Gasteiger partial charge is 0.126 e. The fourth-order valence-electron chi connectivity index (χ4n) is 2.70. The van der Waals surface area contributed by atoms with Crippen LogP contribution in [0.3, 0.4) is 0 Å². The molecule has 0 saturated heterocycles. The van der Waals surface area contributed by atoms with Gasteiger partial charge in [-0.25, -0.2) is 0 Å². The van der Waals surface area contributed by atoms with Crippen LogP contribution < -0.4 is 0 Å². The van der Waals surface area contributed by atoms with Gasteiger partial charge in [0.2, 0.25) is 0 Å². The number of halogens is 1. The molecule has 0 aromatic heterocycles. The van der Waals surface area contributed by atoms with Crippen molar-refractivity contribution in [3.05, 3.63) is 0 Å². The first-order chi connectivity index (χ1) is 5.87. The molecule has 0 heterocycles. The number of alkyl halides is 1. The number of hydrogen-bond acceptors (Lipinski definition) is 0. The topological polar surface area (TPSA) is 0 Å². The normalized spacial score (nSPS) is 29.8. The molecule has 0 nitrogen and oxygen atoms in total. The van der Waals surface area contributed by atoms with Gasteiger partial charge in [-0.2, -0.15) is 0 Å². The van der Waals surface area contributed by atoms with Gasteiger partial charge in [0.1, 0.15) is 0 Å². The van der Waals surface area contributed by atoms with Crippen molar-refractivity contribution in [1.29, 1.82) is 0 Å². The molecule has 1 heteroatoms. The summed E-state index contributed by atoms with van der Waals surface area (Å²) in [5, 5.41) is 0. The summed E-state index contributed by atoms with van der Waals surface area (Å²) in [6.07, 6.45) is 11.6. The Kier molecular flexibility index (Phi) is 2.64. The monoisotopic (exact) mass is 186 g/mol. The van der Waals surface area contributed by atoms with E-state index in [1.54, 1.807) is 0 Å². The lowest BCUT2D eigenvalue weighted by molar-refractivity contribution is 0.302. The Morgan fingerprint density at radius 2 is 1.58 bits per heavy atom. The van der Waals surface area contributed by atoms with E-state index in [9.17, 15) is 0 Å². The highest BCUT2D eigenvalue weighted by Crippen LogP contribution is 2.56. The van der Waals surface area contributed by atoms with Crippen LogP contribution in [0.25, 0.3) is 0 Å². The van der Waals surface area contributed by atoms with Gasteiger partial charge in [0.05, 0.1) is 0 Å². The number of rotatable bonds is 2. The van der Waals surface area contributed by atoms with Crippen molar-refractivity contribution in [2.75, 3.05) is 5.88 Å². The summed E-state index contributed by atoms with van der Waals surface area (Å²) in [5.74, 6) is 1.91. The molecule has 12 heavy (non-hydrogen) atoms. The maximum atomic E-state index is 6.04. The minimum absolute atomic E-state index is 0.617. The van der Waals surface area contributed by atoms with Crippen molar-refractivity contribution in [3.8, 4) is 0 Å². The Morgan fingerprint density at radius 3 is 2.00 bits per heavy atom. The van der Waals surface area contributed by atoms with Gasteiger partial charge >= 0.3 is 0 Å². The zero-order valence-electron chi connectivity index (χ0n) is 7.82. The van der Waals surface area contributed by atoms with Gasteiger partial charge in [-0.1, -0.05) is 25.7 Å². The van der Waals surface area contributed by atoms with E-state index in [4.69, 9.17) is 11.6 Å². The highest BCUT2D eigenvalue weighted by molar-refractivity contribution is 6.18. The van der Waals surface area contributed by atoms with Crippen LogP contribution in [0.15, 0.2) is 0 Å². The van der Waals surface area contributed by atoms with Crippen molar-refractivity contribution in [1.82, 2.24) is 0 Å². The van der Waals surface area contributed by atoms with Crippen LogP contribution in [0.4, 0.5) is 0 Å². The maximum absolute atomic E-state index is 6.04. The van der Waals surface area contributed by atoms with Gasteiger partial charge in [-0.3, -0.25) is 0 Å². The molecule has 2 saturated carbocycles. The van der Waals surface area contributed by atoms with Crippen LogP contribution in [0.1, 0.15) is 51.4 Å². The van der Waals surface area contributed by atoms with Crippen LogP contribution in [-0.4, -0.2) is 5.88 Å².